The van der Waals surface area contributed by atoms with E-state index in [1.54, 1.807) is 18.5 Å². The molecule has 0 amide bonds. The fraction of sp³-hybridized carbons (Fsp3) is 0.138. The number of carbonyl (C=O) groups is 1. The molecule has 3 radical (unpaired) electrons. The van der Waals surface area contributed by atoms with Gasteiger partial charge in [-0.25, -0.2) is 14.8 Å². The number of hydrogen-bond acceptors (Lipinski definition) is 7. The van der Waals surface area contributed by atoms with E-state index in [9.17, 15) is 9.90 Å². The van der Waals surface area contributed by atoms with Gasteiger partial charge < -0.3 is 11.3 Å². The van der Waals surface area contributed by atoms with Crippen LogP contribution in [0.15, 0.2) is 60.9 Å². The SMILES string of the molecule is COC(=O)c1cc(Cl)c2cc(C)c3cccnc3c2n1.Cc1cc2c(Cl)cc(CO)nc2c2ncccc12.[B].[H-].[Na+]. The van der Waals surface area contributed by atoms with Gasteiger partial charge >= 0.3 is 35.5 Å². The third-order valence-corrected chi connectivity index (χ3v) is 6.89. The average molecular weight is 580 g/mol. The molecule has 0 unspecified atom stereocenters. The summed E-state index contributed by atoms with van der Waals surface area (Å²) < 4.78 is 4.70. The fourth-order valence-corrected chi connectivity index (χ4v) is 4.95. The van der Waals surface area contributed by atoms with E-state index in [1.165, 1.54) is 13.2 Å². The van der Waals surface area contributed by atoms with E-state index < -0.39 is 5.97 Å². The Kier molecular flexibility index (Phi) is 10.5. The van der Waals surface area contributed by atoms with Crippen molar-refractivity contribution in [2.24, 2.45) is 0 Å². The molecular formula is C29H23BCl2N4NaO3. The van der Waals surface area contributed by atoms with Crippen molar-refractivity contribution in [1.82, 2.24) is 19.9 Å². The molecule has 11 heteroatoms. The van der Waals surface area contributed by atoms with Crippen molar-refractivity contribution >= 4 is 81.2 Å². The summed E-state index contributed by atoms with van der Waals surface area (Å²) in [6.45, 7) is 3.89. The molecule has 0 fully saturated rings. The number of aryl methyl sites for hydroxylation is 2. The van der Waals surface area contributed by atoms with Gasteiger partial charge in [0.2, 0.25) is 0 Å². The maximum absolute atomic E-state index is 11.6. The second-order valence-electron chi connectivity index (χ2n) is 8.71. The van der Waals surface area contributed by atoms with E-state index in [0.29, 0.717) is 21.3 Å². The number of ether oxygens (including phenoxy) is 1. The van der Waals surface area contributed by atoms with Crippen LogP contribution < -0.4 is 29.6 Å². The van der Waals surface area contributed by atoms with Gasteiger partial charge in [0.05, 0.1) is 51.5 Å². The summed E-state index contributed by atoms with van der Waals surface area (Å²) >= 11 is 12.5. The Labute approximate surface area is 266 Å². The number of benzene rings is 2. The molecular weight excluding hydrogens is 557 g/mol. The van der Waals surface area contributed by atoms with Crippen LogP contribution in [0.5, 0.6) is 0 Å². The number of rotatable bonds is 2. The fourth-order valence-electron chi connectivity index (χ4n) is 4.44. The minimum atomic E-state index is -0.515. The number of fused-ring (bicyclic) bond motifs is 6. The summed E-state index contributed by atoms with van der Waals surface area (Å²) in [4.78, 5) is 29.2. The van der Waals surface area contributed by atoms with E-state index in [-0.39, 0.29) is 51.7 Å². The van der Waals surface area contributed by atoms with Crippen molar-refractivity contribution in [3.05, 3.63) is 93.5 Å². The van der Waals surface area contributed by atoms with Crippen LogP contribution in [0.4, 0.5) is 0 Å². The number of halogens is 2. The molecule has 7 nitrogen and oxygen atoms in total. The molecule has 1 N–H and O–H groups in total. The van der Waals surface area contributed by atoms with Crippen LogP contribution in [-0.4, -0.2) is 46.5 Å². The van der Waals surface area contributed by atoms with E-state index in [1.807, 2.05) is 50.2 Å². The zero-order chi connectivity index (χ0) is 27.0. The van der Waals surface area contributed by atoms with Crippen molar-refractivity contribution in [2.45, 2.75) is 20.5 Å². The number of methoxy groups -OCH3 is 1. The number of carbonyl (C=O) groups excluding carboxylic acids is 1. The van der Waals surface area contributed by atoms with Gasteiger partial charge in [-0.2, -0.15) is 0 Å². The number of aromatic nitrogens is 4. The molecule has 0 atom stereocenters. The first-order valence-electron chi connectivity index (χ1n) is 11.7. The van der Waals surface area contributed by atoms with Crippen LogP contribution in [0.2, 0.25) is 10.0 Å². The molecule has 0 bridgehead atoms. The predicted molar refractivity (Wildman–Crippen MR) is 158 cm³/mol. The second-order valence-corrected chi connectivity index (χ2v) is 9.53. The molecule has 195 valence electrons. The molecule has 0 saturated carbocycles. The van der Waals surface area contributed by atoms with Crippen molar-refractivity contribution in [1.29, 1.82) is 0 Å². The number of nitrogens with zero attached hydrogens (tertiary/aromatic N) is 4. The Bertz CT molecular complexity index is 1900. The largest absolute Gasteiger partial charge is 1.00 e. The predicted octanol–water partition coefficient (Wildman–Crippen LogP) is 3.50. The molecule has 40 heavy (non-hydrogen) atoms. The third kappa shape index (κ3) is 5.93. The molecule has 0 saturated heterocycles. The first kappa shape index (κ1) is 31.7. The van der Waals surface area contributed by atoms with Crippen LogP contribution in [0.25, 0.3) is 43.6 Å². The van der Waals surface area contributed by atoms with E-state index in [2.05, 4.69) is 19.9 Å². The Morgan fingerprint density at radius 2 is 1.32 bits per heavy atom. The van der Waals surface area contributed by atoms with E-state index in [0.717, 1.165) is 49.2 Å². The average Bonchev–Trinajstić information content (AvgIpc) is 2.94. The first-order valence-corrected chi connectivity index (χ1v) is 12.4. The smallest absolute Gasteiger partial charge is 1.00 e. The summed E-state index contributed by atoms with van der Waals surface area (Å²) in [5.74, 6) is -0.515. The Morgan fingerprint density at radius 1 is 0.825 bits per heavy atom. The Balaban J connectivity index is 0.000000268. The summed E-state index contributed by atoms with van der Waals surface area (Å²) in [7, 11) is 1.31. The van der Waals surface area contributed by atoms with Gasteiger partial charge in [-0.1, -0.05) is 35.3 Å². The monoisotopic (exact) mass is 579 g/mol. The van der Waals surface area contributed by atoms with Gasteiger partial charge in [0.15, 0.2) is 5.69 Å². The van der Waals surface area contributed by atoms with E-state index in [4.69, 9.17) is 27.9 Å². The zero-order valence-electron chi connectivity index (χ0n) is 23.4. The molecule has 0 spiro atoms. The van der Waals surface area contributed by atoms with Crippen LogP contribution in [0.3, 0.4) is 0 Å². The molecule has 0 aliphatic carbocycles. The van der Waals surface area contributed by atoms with Crippen molar-refractivity contribution < 1.29 is 45.6 Å². The van der Waals surface area contributed by atoms with Gasteiger partial charge in [0, 0.05) is 42.4 Å². The van der Waals surface area contributed by atoms with Crippen molar-refractivity contribution in [3.8, 4) is 0 Å². The molecule has 0 aliphatic heterocycles. The van der Waals surface area contributed by atoms with Crippen LogP contribution in [0.1, 0.15) is 28.7 Å². The number of aliphatic hydroxyl groups excluding tert-OH is 1. The van der Waals surface area contributed by atoms with Gasteiger partial charge in [0.25, 0.3) is 0 Å². The summed E-state index contributed by atoms with van der Waals surface area (Å²) in [5, 5.41) is 14.0. The number of esters is 1. The van der Waals surface area contributed by atoms with Crippen LogP contribution >= 0.6 is 23.2 Å². The molecule has 4 aromatic heterocycles. The molecule has 2 aromatic carbocycles. The summed E-state index contributed by atoms with van der Waals surface area (Å²) in [6.07, 6.45) is 3.43. The number of pyridine rings is 4. The van der Waals surface area contributed by atoms with Crippen LogP contribution in [0, 0.1) is 13.8 Å². The quantitative estimate of drug-likeness (QED) is 0.190. The molecule has 6 aromatic rings. The Morgan fingerprint density at radius 3 is 1.82 bits per heavy atom. The summed E-state index contributed by atoms with van der Waals surface area (Å²) in [5.41, 5.74) is 5.83. The minimum absolute atomic E-state index is 0. The third-order valence-electron chi connectivity index (χ3n) is 6.26. The normalized spacial score (nSPS) is 10.6. The van der Waals surface area contributed by atoms with Gasteiger partial charge in [-0.3, -0.25) is 9.97 Å². The van der Waals surface area contributed by atoms with Gasteiger partial charge in [0.1, 0.15) is 0 Å². The first-order chi connectivity index (χ1) is 18.3. The van der Waals surface area contributed by atoms with Crippen LogP contribution in [-0.2, 0) is 11.3 Å². The number of aliphatic hydroxyl groups is 1. The summed E-state index contributed by atoms with van der Waals surface area (Å²) in [6, 6.07) is 14.9. The second kappa shape index (κ2) is 13.2. The Hall–Kier alpha value is -2.85. The topological polar surface area (TPSA) is 98.1 Å². The van der Waals surface area contributed by atoms with Crippen molar-refractivity contribution in [3.63, 3.8) is 0 Å². The molecule has 4 heterocycles. The van der Waals surface area contributed by atoms with Gasteiger partial charge in [-0.15, -0.1) is 0 Å². The molecule has 6 rings (SSSR count). The maximum Gasteiger partial charge on any atom is 1.00 e. The maximum atomic E-state index is 11.6. The standard InChI is InChI=1S/C15H11ClN2O2.C14H11ClN2O.B.Na.H/c1-8-6-10-11(16)7-12(15(19)20-2)18-14(10)13-9(8)4-3-5-17-13;1-8-5-11-12(15)6-9(7-18)17-14(11)13-10(8)3-2-4-16-13;;;/h3-7H,1-2H3;2-6,18H,7H2,1H3;;;/q;;;+1;-1. The van der Waals surface area contributed by atoms with E-state index >= 15 is 0 Å². The number of hydrogen-bond donors (Lipinski definition) is 1. The molecule has 0 aliphatic rings. The van der Waals surface area contributed by atoms with Crippen molar-refractivity contribution in [2.75, 3.05) is 7.11 Å². The zero-order valence-corrected chi connectivity index (χ0v) is 25.9. The minimum Gasteiger partial charge on any atom is -1.00 e. The van der Waals surface area contributed by atoms with Gasteiger partial charge in [-0.05, 0) is 61.4 Å².